The largest absolute Gasteiger partial charge is 0.381 e. The molecule has 2 aromatic carbocycles. The van der Waals surface area contributed by atoms with Crippen LogP contribution in [-0.2, 0) is 11.4 Å². The van der Waals surface area contributed by atoms with E-state index in [1.165, 1.54) is 6.20 Å². The molecule has 0 saturated heterocycles. The van der Waals surface area contributed by atoms with Gasteiger partial charge < -0.3 is 19.5 Å². The third-order valence-electron chi connectivity index (χ3n) is 3.98. The summed E-state index contributed by atoms with van der Waals surface area (Å²) in [4.78, 5) is 31.9. The molecule has 0 aliphatic rings. The first-order valence-electron chi connectivity index (χ1n) is 8.32. The molecular formula is C19H14Br2N4O4. The third kappa shape index (κ3) is 5.15. The number of oxime groups is 1. The Labute approximate surface area is 182 Å². The molecule has 0 fully saturated rings. The number of nitro groups is 1. The van der Waals surface area contributed by atoms with E-state index in [1.54, 1.807) is 47.9 Å². The van der Waals surface area contributed by atoms with Crippen LogP contribution in [0.3, 0.4) is 0 Å². The van der Waals surface area contributed by atoms with Gasteiger partial charge in [0.05, 0.1) is 12.1 Å². The lowest BCUT2D eigenvalue weighted by molar-refractivity contribution is -0.389. The van der Waals surface area contributed by atoms with Crippen LogP contribution in [0.2, 0.25) is 0 Å². The van der Waals surface area contributed by atoms with Crippen molar-refractivity contribution in [1.29, 1.82) is 0 Å². The zero-order valence-corrected chi connectivity index (χ0v) is 18.3. The van der Waals surface area contributed by atoms with Gasteiger partial charge in [-0.3, -0.25) is 0 Å². The molecule has 148 valence electrons. The zero-order valence-electron chi connectivity index (χ0n) is 15.1. The highest BCUT2D eigenvalue weighted by Gasteiger charge is 2.18. The minimum Gasteiger partial charge on any atom is -0.358 e. The molecular weight excluding hydrogens is 508 g/mol. The van der Waals surface area contributed by atoms with Gasteiger partial charge in [0, 0.05) is 21.4 Å². The van der Waals surface area contributed by atoms with Crippen molar-refractivity contribution in [3.05, 3.63) is 90.7 Å². The molecule has 1 heterocycles. The third-order valence-corrected chi connectivity index (χ3v) is 5.20. The van der Waals surface area contributed by atoms with E-state index in [1.807, 2.05) is 12.1 Å². The highest BCUT2D eigenvalue weighted by atomic mass is 79.9. The number of benzene rings is 2. The van der Waals surface area contributed by atoms with E-state index in [0.29, 0.717) is 27.1 Å². The van der Waals surface area contributed by atoms with Gasteiger partial charge in [0.2, 0.25) is 5.82 Å². The second-order valence-corrected chi connectivity index (χ2v) is 7.70. The van der Waals surface area contributed by atoms with Crippen LogP contribution in [0.4, 0.5) is 5.82 Å². The van der Waals surface area contributed by atoms with Gasteiger partial charge in [-0.25, -0.2) is 4.79 Å². The van der Waals surface area contributed by atoms with Crippen LogP contribution in [0.15, 0.2) is 68.8 Å². The molecule has 0 N–H and O–H groups in total. The predicted octanol–water partition coefficient (Wildman–Crippen LogP) is 4.89. The van der Waals surface area contributed by atoms with Crippen LogP contribution < -0.4 is 0 Å². The Morgan fingerprint density at radius 3 is 2.52 bits per heavy atom. The lowest BCUT2D eigenvalue weighted by atomic mass is 10.1. The molecule has 0 unspecified atom stereocenters. The average Bonchev–Trinajstić information content (AvgIpc) is 3.07. The van der Waals surface area contributed by atoms with E-state index in [-0.39, 0.29) is 12.4 Å². The number of hydrogen-bond acceptors (Lipinski definition) is 6. The molecule has 3 rings (SSSR count). The number of nitrogens with zero attached hydrogens (tertiary/aromatic N) is 4. The first-order valence-corrected chi connectivity index (χ1v) is 9.90. The van der Waals surface area contributed by atoms with Crippen molar-refractivity contribution >= 4 is 49.4 Å². The van der Waals surface area contributed by atoms with E-state index in [9.17, 15) is 14.9 Å². The first-order chi connectivity index (χ1) is 13.8. The molecule has 10 heteroatoms. The topological polar surface area (TPSA) is 99.6 Å². The molecule has 0 spiro atoms. The normalized spacial score (nSPS) is 11.3. The number of carbonyl (C=O) groups is 1. The van der Waals surface area contributed by atoms with Gasteiger partial charge in [0.15, 0.2) is 0 Å². The van der Waals surface area contributed by atoms with Gasteiger partial charge in [0.1, 0.15) is 11.9 Å². The minimum absolute atomic E-state index is 0.136. The minimum atomic E-state index is -0.625. The first kappa shape index (κ1) is 20.9. The predicted molar refractivity (Wildman–Crippen MR) is 114 cm³/mol. The van der Waals surface area contributed by atoms with E-state index < -0.39 is 10.9 Å². The Morgan fingerprint density at radius 1 is 1.21 bits per heavy atom. The number of carbonyl (C=O) groups excluding carboxylic acids is 1. The number of aryl methyl sites for hydroxylation is 1. The van der Waals surface area contributed by atoms with Gasteiger partial charge in [-0.2, -0.15) is 0 Å². The fraction of sp³-hybridized carbons (Fsp3) is 0.105. The lowest BCUT2D eigenvalue weighted by Gasteiger charge is -2.08. The molecule has 0 aliphatic heterocycles. The van der Waals surface area contributed by atoms with Crippen molar-refractivity contribution in [3.63, 3.8) is 0 Å². The number of aromatic nitrogens is 2. The summed E-state index contributed by atoms with van der Waals surface area (Å²) in [6.07, 6.45) is 1.32. The molecule has 0 bridgehead atoms. The highest BCUT2D eigenvalue weighted by molar-refractivity contribution is 9.10. The van der Waals surface area contributed by atoms with E-state index in [2.05, 4.69) is 42.0 Å². The van der Waals surface area contributed by atoms with Gasteiger partial charge in [0.25, 0.3) is 0 Å². The molecule has 29 heavy (non-hydrogen) atoms. The van der Waals surface area contributed by atoms with E-state index in [4.69, 9.17) is 4.84 Å². The number of imidazole rings is 1. The summed E-state index contributed by atoms with van der Waals surface area (Å²) in [5, 5.41) is 15.0. The molecule has 3 aromatic rings. The molecule has 0 radical (unpaired) electrons. The maximum atomic E-state index is 12.4. The van der Waals surface area contributed by atoms with Crippen LogP contribution in [0.1, 0.15) is 21.7 Å². The number of hydrogen-bond donors (Lipinski definition) is 0. The highest BCUT2D eigenvalue weighted by Crippen LogP contribution is 2.18. The number of halogens is 2. The Hall–Kier alpha value is -2.85. The van der Waals surface area contributed by atoms with Crippen molar-refractivity contribution < 1.29 is 14.6 Å². The SMILES string of the molecule is Cc1nc([N+](=O)[O-])cn1C/C(=N/OC(=O)c1ccccc1Br)c1ccc(Br)cc1. The van der Waals surface area contributed by atoms with Gasteiger partial charge in [-0.05, 0) is 50.1 Å². The maximum absolute atomic E-state index is 12.4. The average molecular weight is 522 g/mol. The van der Waals surface area contributed by atoms with Crippen LogP contribution in [0.5, 0.6) is 0 Å². The Bertz CT molecular complexity index is 1090. The van der Waals surface area contributed by atoms with Crippen molar-refractivity contribution in [2.24, 2.45) is 5.16 Å². The smallest absolute Gasteiger partial charge is 0.358 e. The van der Waals surface area contributed by atoms with Crippen LogP contribution in [0.25, 0.3) is 0 Å². The van der Waals surface area contributed by atoms with Crippen LogP contribution >= 0.6 is 31.9 Å². The number of rotatable bonds is 6. The van der Waals surface area contributed by atoms with Crippen LogP contribution in [0, 0.1) is 17.0 Å². The molecule has 0 amide bonds. The summed E-state index contributed by atoms with van der Waals surface area (Å²) >= 11 is 6.68. The fourth-order valence-electron chi connectivity index (χ4n) is 2.49. The Kier molecular flexibility index (Phi) is 6.55. The van der Waals surface area contributed by atoms with Crippen molar-refractivity contribution in [2.75, 3.05) is 0 Å². The summed E-state index contributed by atoms with van der Waals surface area (Å²) in [6, 6.07) is 14.1. The maximum Gasteiger partial charge on any atom is 0.381 e. The van der Waals surface area contributed by atoms with Crippen molar-refractivity contribution in [2.45, 2.75) is 13.5 Å². The van der Waals surface area contributed by atoms with Crippen molar-refractivity contribution in [3.8, 4) is 0 Å². The summed E-state index contributed by atoms with van der Waals surface area (Å²) in [5.41, 5.74) is 1.44. The Balaban J connectivity index is 1.92. The summed E-state index contributed by atoms with van der Waals surface area (Å²) < 4.78 is 3.04. The van der Waals surface area contributed by atoms with Crippen molar-refractivity contribution in [1.82, 2.24) is 9.55 Å². The van der Waals surface area contributed by atoms with E-state index in [0.717, 1.165) is 4.47 Å². The Morgan fingerprint density at radius 2 is 1.90 bits per heavy atom. The standard InChI is InChI=1S/C19H14Br2N4O4/c1-12-22-18(25(27)28)11-24(12)10-17(13-6-8-14(20)9-7-13)23-29-19(26)15-4-2-3-5-16(15)21/h2-9,11H,10H2,1H3/b23-17-. The van der Waals surface area contributed by atoms with Gasteiger partial charge in [-0.1, -0.05) is 45.4 Å². The molecule has 8 nitrogen and oxygen atoms in total. The quantitative estimate of drug-likeness (QED) is 0.199. The molecule has 0 saturated carbocycles. The summed E-state index contributed by atoms with van der Waals surface area (Å²) in [7, 11) is 0. The summed E-state index contributed by atoms with van der Waals surface area (Å²) in [6.45, 7) is 1.79. The molecule has 0 aliphatic carbocycles. The van der Waals surface area contributed by atoms with Crippen LogP contribution in [-0.4, -0.2) is 26.2 Å². The van der Waals surface area contributed by atoms with E-state index >= 15 is 0 Å². The second kappa shape index (κ2) is 9.10. The summed E-state index contributed by atoms with van der Waals surface area (Å²) in [5.74, 6) is -0.443. The lowest BCUT2D eigenvalue weighted by Crippen LogP contribution is -2.14. The molecule has 0 atom stereocenters. The van der Waals surface area contributed by atoms with Gasteiger partial charge in [-0.15, -0.1) is 0 Å². The monoisotopic (exact) mass is 520 g/mol. The fourth-order valence-corrected chi connectivity index (χ4v) is 3.20. The second-order valence-electron chi connectivity index (χ2n) is 5.93. The zero-order chi connectivity index (χ0) is 21.0. The molecule has 1 aromatic heterocycles. The van der Waals surface area contributed by atoms with Gasteiger partial charge >= 0.3 is 11.8 Å².